The Labute approximate surface area is 87.4 Å². The highest BCUT2D eigenvalue weighted by Crippen LogP contribution is 2.32. The molecule has 1 saturated heterocycles. The van der Waals surface area contributed by atoms with Crippen LogP contribution in [0.15, 0.2) is 0 Å². The number of nitrogens with zero attached hydrogens (tertiary/aromatic N) is 1. The molecule has 1 rings (SSSR count). The van der Waals surface area contributed by atoms with Gasteiger partial charge >= 0.3 is 0 Å². The standard InChI is InChI=1S/C9H16F2N2O2/c1-6(12)8(14)13-5-9(10,11)3-7(13)4-15-2/h6-7H,3-5,12H2,1-2H3/t6-,7+/m1/s1. The topological polar surface area (TPSA) is 55.6 Å². The maximum Gasteiger partial charge on any atom is 0.267 e. The number of amides is 1. The molecule has 1 amide bonds. The molecular formula is C9H16F2N2O2. The van der Waals surface area contributed by atoms with E-state index in [-0.39, 0.29) is 13.0 Å². The largest absolute Gasteiger partial charge is 0.383 e. The molecule has 2 N–H and O–H groups in total. The molecule has 15 heavy (non-hydrogen) atoms. The number of hydrogen-bond donors (Lipinski definition) is 1. The fraction of sp³-hybridized carbons (Fsp3) is 0.889. The molecular weight excluding hydrogens is 206 g/mol. The van der Waals surface area contributed by atoms with Crippen molar-refractivity contribution >= 4 is 5.91 Å². The summed E-state index contributed by atoms with van der Waals surface area (Å²) >= 11 is 0. The summed E-state index contributed by atoms with van der Waals surface area (Å²) in [6.45, 7) is 1.05. The van der Waals surface area contributed by atoms with Gasteiger partial charge in [-0.15, -0.1) is 0 Å². The number of methoxy groups -OCH3 is 1. The summed E-state index contributed by atoms with van der Waals surface area (Å²) < 4.78 is 31.0. The predicted molar refractivity (Wildman–Crippen MR) is 50.6 cm³/mol. The molecule has 0 aromatic carbocycles. The van der Waals surface area contributed by atoms with Crippen LogP contribution in [0.1, 0.15) is 13.3 Å². The van der Waals surface area contributed by atoms with Crippen LogP contribution in [0.4, 0.5) is 8.78 Å². The second-order valence-corrected chi connectivity index (χ2v) is 3.92. The average Bonchev–Trinajstić information content (AvgIpc) is 2.40. The Morgan fingerprint density at radius 1 is 1.73 bits per heavy atom. The lowest BCUT2D eigenvalue weighted by molar-refractivity contribution is -0.135. The van der Waals surface area contributed by atoms with Gasteiger partial charge in [0.25, 0.3) is 5.92 Å². The molecule has 0 spiro atoms. The first kappa shape index (κ1) is 12.3. The zero-order valence-electron chi connectivity index (χ0n) is 8.87. The van der Waals surface area contributed by atoms with Crippen molar-refractivity contribution in [2.24, 2.45) is 5.73 Å². The summed E-state index contributed by atoms with van der Waals surface area (Å²) in [6.07, 6.45) is -0.348. The minimum Gasteiger partial charge on any atom is -0.383 e. The van der Waals surface area contributed by atoms with E-state index in [4.69, 9.17) is 10.5 Å². The minimum absolute atomic E-state index is 0.119. The lowest BCUT2D eigenvalue weighted by Crippen LogP contribution is -2.46. The highest BCUT2D eigenvalue weighted by molar-refractivity contribution is 5.81. The average molecular weight is 222 g/mol. The van der Waals surface area contributed by atoms with Crippen molar-refractivity contribution < 1.29 is 18.3 Å². The van der Waals surface area contributed by atoms with Gasteiger partial charge in [0.2, 0.25) is 5.91 Å². The Morgan fingerprint density at radius 3 is 2.80 bits per heavy atom. The number of carbonyl (C=O) groups excluding carboxylic acids is 1. The van der Waals surface area contributed by atoms with E-state index < -0.39 is 30.5 Å². The number of alkyl halides is 2. The van der Waals surface area contributed by atoms with Crippen molar-refractivity contribution in [3.63, 3.8) is 0 Å². The Kier molecular flexibility index (Phi) is 3.62. The smallest absolute Gasteiger partial charge is 0.267 e. The second kappa shape index (κ2) is 4.40. The molecule has 1 heterocycles. The van der Waals surface area contributed by atoms with Crippen molar-refractivity contribution in [1.29, 1.82) is 0 Å². The van der Waals surface area contributed by atoms with Gasteiger partial charge in [0, 0.05) is 13.5 Å². The number of likely N-dealkylation sites (tertiary alicyclic amines) is 1. The third-order valence-corrected chi connectivity index (χ3v) is 2.41. The fourth-order valence-electron chi connectivity index (χ4n) is 1.76. The Bertz CT molecular complexity index is 246. The van der Waals surface area contributed by atoms with Gasteiger partial charge in [0.05, 0.1) is 25.2 Å². The molecule has 1 aliphatic heterocycles. The number of hydrogen-bond acceptors (Lipinski definition) is 3. The summed E-state index contributed by atoms with van der Waals surface area (Å²) in [5.41, 5.74) is 5.39. The molecule has 88 valence electrons. The quantitative estimate of drug-likeness (QED) is 0.743. The van der Waals surface area contributed by atoms with Crippen LogP contribution in [0.5, 0.6) is 0 Å². The monoisotopic (exact) mass is 222 g/mol. The van der Waals surface area contributed by atoms with Gasteiger partial charge in [-0.25, -0.2) is 8.78 Å². The van der Waals surface area contributed by atoms with E-state index in [2.05, 4.69) is 0 Å². The first-order chi connectivity index (χ1) is 6.87. The molecule has 0 saturated carbocycles. The van der Waals surface area contributed by atoms with Crippen LogP contribution < -0.4 is 5.73 Å². The third kappa shape index (κ3) is 2.85. The number of carbonyl (C=O) groups is 1. The normalized spacial score (nSPS) is 26.7. The highest BCUT2D eigenvalue weighted by atomic mass is 19.3. The molecule has 0 aromatic heterocycles. The third-order valence-electron chi connectivity index (χ3n) is 2.41. The maximum absolute atomic E-state index is 13.1. The Hall–Kier alpha value is -0.750. The number of ether oxygens (including phenoxy) is 1. The van der Waals surface area contributed by atoms with Crippen LogP contribution in [0.2, 0.25) is 0 Å². The summed E-state index contributed by atoms with van der Waals surface area (Å²) in [5, 5.41) is 0. The summed E-state index contributed by atoms with van der Waals surface area (Å²) in [5.74, 6) is -3.28. The van der Waals surface area contributed by atoms with Gasteiger partial charge < -0.3 is 15.4 Å². The molecule has 0 aliphatic carbocycles. The van der Waals surface area contributed by atoms with E-state index in [1.807, 2.05) is 0 Å². The lowest BCUT2D eigenvalue weighted by atomic mass is 10.2. The fourth-order valence-corrected chi connectivity index (χ4v) is 1.76. The molecule has 0 radical (unpaired) electrons. The molecule has 6 heteroatoms. The first-order valence-electron chi connectivity index (χ1n) is 4.80. The van der Waals surface area contributed by atoms with Crippen molar-refractivity contribution in [1.82, 2.24) is 4.90 Å². The van der Waals surface area contributed by atoms with Gasteiger partial charge in [0.1, 0.15) is 0 Å². The zero-order valence-corrected chi connectivity index (χ0v) is 8.87. The zero-order chi connectivity index (χ0) is 11.6. The summed E-state index contributed by atoms with van der Waals surface area (Å²) in [7, 11) is 1.42. The molecule has 0 aromatic rings. The van der Waals surface area contributed by atoms with Gasteiger partial charge in [-0.05, 0) is 6.92 Å². The first-order valence-corrected chi connectivity index (χ1v) is 4.80. The van der Waals surface area contributed by atoms with Gasteiger partial charge in [-0.2, -0.15) is 0 Å². The number of rotatable bonds is 3. The van der Waals surface area contributed by atoms with E-state index in [1.165, 1.54) is 14.0 Å². The van der Waals surface area contributed by atoms with Crippen LogP contribution >= 0.6 is 0 Å². The molecule has 1 fully saturated rings. The van der Waals surface area contributed by atoms with Gasteiger partial charge in [-0.3, -0.25) is 4.79 Å². The summed E-state index contributed by atoms with van der Waals surface area (Å²) in [6, 6.07) is -1.32. The molecule has 4 nitrogen and oxygen atoms in total. The van der Waals surface area contributed by atoms with Gasteiger partial charge in [0.15, 0.2) is 0 Å². The Morgan fingerprint density at radius 2 is 2.33 bits per heavy atom. The SMILES string of the molecule is COC[C@@H]1CC(F)(F)CN1C(=O)[C@@H](C)N. The van der Waals surface area contributed by atoms with E-state index in [0.29, 0.717) is 0 Å². The van der Waals surface area contributed by atoms with Crippen LogP contribution in [0.3, 0.4) is 0 Å². The lowest BCUT2D eigenvalue weighted by Gasteiger charge is -2.24. The van der Waals surface area contributed by atoms with Crippen molar-refractivity contribution in [3.05, 3.63) is 0 Å². The van der Waals surface area contributed by atoms with E-state index >= 15 is 0 Å². The molecule has 1 aliphatic rings. The molecule has 0 unspecified atom stereocenters. The maximum atomic E-state index is 13.1. The van der Waals surface area contributed by atoms with Crippen molar-refractivity contribution in [3.8, 4) is 0 Å². The highest BCUT2D eigenvalue weighted by Gasteiger charge is 2.47. The molecule has 0 bridgehead atoms. The summed E-state index contributed by atoms with van der Waals surface area (Å²) in [4.78, 5) is 12.6. The van der Waals surface area contributed by atoms with E-state index in [0.717, 1.165) is 4.90 Å². The number of halogens is 2. The van der Waals surface area contributed by atoms with Crippen LogP contribution in [-0.4, -0.2) is 49.1 Å². The second-order valence-electron chi connectivity index (χ2n) is 3.92. The Balaban J connectivity index is 2.72. The van der Waals surface area contributed by atoms with Crippen LogP contribution in [0.25, 0.3) is 0 Å². The molecule has 2 atom stereocenters. The van der Waals surface area contributed by atoms with E-state index in [1.54, 1.807) is 0 Å². The predicted octanol–water partition coefficient (Wildman–Crippen LogP) is 0.216. The van der Waals surface area contributed by atoms with Crippen molar-refractivity contribution in [2.45, 2.75) is 31.4 Å². The van der Waals surface area contributed by atoms with Gasteiger partial charge in [-0.1, -0.05) is 0 Å². The van der Waals surface area contributed by atoms with Crippen LogP contribution in [-0.2, 0) is 9.53 Å². The minimum atomic E-state index is -2.83. The van der Waals surface area contributed by atoms with Crippen molar-refractivity contribution in [2.75, 3.05) is 20.3 Å². The number of nitrogens with two attached hydrogens (primary N) is 1. The van der Waals surface area contributed by atoms with Crippen LogP contribution in [0, 0.1) is 0 Å². The van der Waals surface area contributed by atoms with E-state index in [9.17, 15) is 13.6 Å².